The van der Waals surface area contributed by atoms with Crippen LogP contribution >= 0.6 is 0 Å². The molecule has 15 heavy (non-hydrogen) atoms. The topological polar surface area (TPSA) is 71.8 Å². The van der Waals surface area contributed by atoms with Crippen molar-refractivity contribution in [3.8, 4) is 0 Å². The molecule has 1 aromatic heterocycles. The summed E-state index contributed by atoms with van der Waals surface area (Å²) in [5.41, 5.74) is 0.563. The van der Waals surface area contributed by atoms with Crippen LogP contribution in [0.4, 0.5) is 0 Å². The molecule has 1 N–H and O–H groups in total. The number of nitrogens with zero attached hydrogens (tertiary/aromatic N) is 2. The summed E-state index contributed by atoms with van der Waals surface area (Å²) in [6, 6.07) is 4.47. The van der Waals surface area contributed by atoms with Gasteiger partial charge in [-0.15, -0.1) is 0 Å². The van der Waals surface area contributed by atoms with Crippen LogP contribution in [0.2, 0.25) is 0 Å². The van der Waals surface area contributed by atoms with Gasteiger partial charge in [0.2, 0.25) is 5.90 Å². The molecule has 1 aliphatic rings. The zero-order valence-corrected chi connectivity index (χ0v) is 8.12. The Morgan fingerprint density at radius 3 is 2.87 bits per heavy atom. The average Bonchev–Trinajstić information content (AvgIpc) is 2.62. The lowest BCUT2D eigenvalue weighted by molar-refractivity contribution is -0.139. The summed E-state index contributed by atoms with van der Waals surface area (Å²) in [6.07, 6.45) is 1.17. The van der Waals surface area contributed by atoms with Crippen LogP contribution in [0.5, 0.6) is 0 Å². The number of carbonyl (C=O) groups is 1. The highest BCUT2D eigenvalue weighted by Gasteiger charge is 2.33. The number of carboxylic acid groups (broad SMARTS) is 1. The van der Waals surface area contributed by atoms with Crippen LogP contribution in [0.1, 0.15) is 12.6 Å². The van der Waals surface area contributed by atoms with Crippen molar-refractivity contribution in [2.24, 2.45) is 4.99 Å². The molecule has 2 rings (SSSR count). The summed E-state index contributed by atoms with van der Waals surface area (Å²) in [5, 5.41) is 8.84. The fourth-order valence-electron chi connectivity index (χ4n) is 1.37. The Bertz CT molecular complexity index is 402. The van der Waals surface area contributed by atoms with E-state index in [2.05, 4.69) is 9.98 Å². The van der Waals surface area contributed by atoms with Crippen LogP contribution in [0.25, 0.3) is 0 Å². The van der Waals surface area contributed by atoms with Crippen LogP contribution in [-0.2, 0) is 9.53 Å². The maximum absolute atomic E-state index is 10.8. The first-order valence-electron chi connectivity index (χ1n) is 4.57. The molecule has 2 heterocycles. The van der Waals surface area contributed by atoms with Crippen molar-refractivity contribution in [2.75, 3.05) is 0 Å². The van der Waals surface area contributed by atoms with E-state index in [4.69, 9.17) is 9.84 Å². The van der Waals surface area contributed by atoms with Crippen LogP contribution < -0.4 is 0 Å². The number of pyridine rings is 1. The molecule has 0 saturated heterocycles. The minimum atomic E-state index is -0.978. The Labute approximate surface area is 86.4 Å². The first kappa shape index (κ1) is 9.64. The van der Waals surface area contributed by atoms with Crippen LogP contribution in [0, 0.1) is 0 Å². The van der Waals surface area contributed by atoms with E-state index in [0.717, 1.165) is 0 Å². The van der Waals surface area contributed by atoms with Gasteiger partial charge in [0.15, 0.2) is 6.04 Å². The molecule has 5 nitrogen and oxygen atoms in total. The maximum Gasteiger partial charge on any atom is 0.332 e. The lowest BCUT2D eigenvalue weighted by atomic mass is 10.2. The van der Waals surface area contributed by atoms with Gasteiger partial charge in [0, 0.05) is 6.20 Å². The van der Waals surface area contributed by atoms with Gasteiger partial charge in [-0.05, 0) is 19.1 Å². The fraction of sp³-hybridized carbons (Fsp3) is 0.300. The average molecular weight is 206 g/mol. The van der Waals surface area contributed by atoms with Gasteiger partial charge in [-0.2, -0.15) is 0 Å². The second-order valence-electron chi connectivity index (χ2n) is 3.26. The number of hydrogen-bond acceptors (Lipinski definition) is 4. The minimum Gasteiger partial charge on any atom is -0.480 e. The second-order valence-corrected chi connectivity index (χ2v) is 3.26. The van der Waals surface area contributed by atoms with E-state index in [-0.39, 0.29) is 0 Å². The molecule has 2 atom stereocenters. The number of aliphatic carboxylic acids is 1. The van der Waals surface area contributed by atoms with E-state index < -0.39 is 18.1 Å². The number of carboxylic acids is 1. The molecule has 0 aliphatic carbocycles. The highest BCUT2D eigenvalue weighted by molar-refractivity contribution is 5.96. The number of ether oxygens (including phenoxy) is 1. The standard InChI is InChI=1S/C10H10N2O3/c1-6-8(10(13)14)12-9(15-6)7-4-2-3-5-11-7/h2-6,8H,1H3,(H,13,14)/t6-,8+/m1/s1. The Morgan fingerprint density at radius 1 is 1.53 bits per heavy atom. The predicted octanol–water partition coefficient (Wildman–Crippen LogP) is 0.700. The van der Waals surface area contributed by atoms with E-state index in [1.807, 2.05) is 0 Å². The molecule has 0 bridgehead atoms. The van der Waals surface area contributed by atoms with Crippen molar-refractivity contribution < 1.29 is 14.6 Å². The van der Waals surface area contributed by atoms with Crippen LogP contribution in [0.15, 0.2) is 29.4 Å². The predicted molar refractivity (Wildman–Crippen MR) is 52.7 cm³/mol. The van der Waals surface area contributed by atoms with Gasteiger partial charge in [0.1, 0.15) is 11.8 Å². The SMILES string of the molecule is C[C@H]1OC(c2ccccn2)=N[C@@H]1C(=O)O. The highest BCUT2D eigenvalue weighted by atomic mass is 16.5. The normalized spacial score (nSPS) is 24.5. The van der Waals surface area contributed by atoms with Crippen LogP contribution in [0.3, 0.4) is 0 Å². The van der Waals surface area contributed by atoms with Crippen molar-refractivity contribution in [2.45, 2.75) is 19.1 Å². The molecule has 1 aromatic rings. The molecular weight excluding hydrogens is 196 g/mol. The second kappa shape index (κ2) is 3.68. The molecular formula is C10H10N2O3. The molecule has 0 spiro atoms. The lowest BCUT2D eigenvalue weighted by Gasteiger charge is -2.07. The quantitative estimate of drug-likeness (QED) is 0.773. The highest BCUT2D eigenvalue weighted by Crippen LogP contribution is 2.16. The Balaban J connectivity index is 2.27. The van der Waals surface area contributed by atoms with Gasteiger partial charge in [-0.1, -0.05) is 6.07 Å². The number of aliphatic imine (C=N–C) groups is 1. The van der Waals surface area contributed by atoms with Crippen molar-refractivity contribution in [1.29, 1.82) is 0 Å². The Morgan fingerprint density at radius 2 is 2.33 bits per heavy atom. The monoisotopic (exact) mass is 206 g/mol. The summed E-state index contributed by atoms with van der Waals surface area (Å²) < 4.78 is 5.33. The molecule has 0 fully saturated rings. The zero-order valence-electron chi connectivity index (χ0n) is 8.12. The smallest absolute Gasteiger partial charge is 0.332 e. The molecule has 1 aliphatic heterocycles. The summed E-state index contributed by atoms with van der Waals surface area (Å²) in [5.74, 6) is -0.677. The van der Waals surface area contributed by atoms with Crippen molar-refractivity contribution in [3.05, 3.63) is 30.1 Å². The third kappa shape index (κ3) is 1.81. The van der Waals surface area contributed by atoms with E-state index in [9.17, 15) is 4.79 Å². The summed E-state index contributed by atoms with van der Waals surface area (Å²) in [6.45, 7) is 1.68. The summed E-state index contributed by atoms with van der Waals surface area (Å²) >= 11 is 0. The first-order chi connectivity index (χ1) is 7.18. The van der Waals surface area contributed by atoms with E-state index in [1.165, 1.54) is 0 Å². The molecule has 0 aromatic carbocycles. The molecule has 0 amide bonds. The molecule has 0 saturated carbocycles. The van der Waals surface area contributed by atoms with Gasteiger partial charge in [0.05, 0.1) is 0 Å². The first-order valence-corrected chi connectivity index (χ1v) is 4.57. The molecule has 0 radical (unpaired) electrons. The van der Waals surface area contributed by atoms with Gasteiger partial charge in [-0.3, -0.25) is 4.98 Å². The van der Waals surface area contributed by atoms with E-state index >= 15 is 0 Å². The molecule has 78 valence electrons. The number of rotatable bonds is 2. The summed E-state index contributed by atoms with van der Waals surface area (Å²) in [4.78, 5) is 18.8. The third-order valence-electron chi connectivity index (χ3n) is 2.14. The van der Waals surface area contributed by atoms with Gasteiger partial charge in [0.25, 0.3) is 0 Å². The van der Waals surface area contributed by atoms with Gasteiger partial charge >= 0.3 is 5.97 Å². The van der Waals surface area contributed by atoms with Crippen molar-refractivity contribution in [1.82, 2.24) is 4.98 Å². The Kier molecular flexibility index (Phi) is 2.37. The van der Waals surface area contributed by atoms with Crippen molar-refractivity contribution >= 4 is 11.9 Å². The maximum atomic E-state index is 10.8. The largest absolute Gasteiger partial charge is 0.480 e. The van der Waals surface area contributed by atoms with Crippen molar-refractivity contribution in [3.63, 3.8) is 0 Å². The third-order valence-corrected chi connectivity index (χ3v) is 2.14. The summed E-state index contributed by atoms with van der Waals surface area (Å²) in [7, 11) is 0. The lowest BCUT2D eigenvalue weighted by Crippen LogP contribution is -2.27. The number of aromatic nitrogens is 1. The fourth-order valence-corrected chi connectivity index (χ4v) is 1.37. The Hall–Kier alpha value is -1.91. The van der Waals surface area contributed by atoms with E-state index in [1.54, 1.807) is 31.3 Å². The zero-order chi connectivity index (χ0) is 10.8. The molecule has 0 unspecified atom stereocenters. The number of hydrogen-bond donors (Lipinski definition) is 1. The van der Waals surface area contributed by atoms with Gasteiger partial charge in [-0.25, -0.2) is 9.79 Å². The molecule has 5 heteroatoms. The minimum absolute atomic E-state index is 0.301. The van der Waals surface area contributed by atoms with E-state index in [0.29, 0.717) is 11.6 Å². The van der Waals surface area contributed by atoms with Gasteiger partial charge < -0.3 is 9.84 Å². The van der Waals surface area contributed by atoms with Crippen LogP contribution in [-0.4, -0.2) is 34.1 Å².